The first-order valence-corrected chi connectivity index (χ1v) is 20.3. The molecule has 3 aliphatic rings. The Morgan fingerprint density at radius 3 is 2.12 bits per heavy atom. The maximum absolute atomic E-state index is 6.86. The monoisotopic (exact) mass is 750 g/mol. The molecule has 0 saturated heterocycles. The van der Waals surface area contributed by atoms with E-state index in [-0.39, 0.29) is 18.0 Å². The van der Waals surface area contributed by atoms with Crippen molar-refractivity contribution in [3.8, 4) is 22.6 Å². The number of rotatable bonds is 5. The average Bonchev–Trinajstić information content (AvgIpc) is 3.96. The highest BCUT2D eigenvalue weighted by atomic mass is 32.1. The van der Waals surface area contributed by atoms with E-state index in [9.17, 15) is 0 Å². The SMILES string of the molecule is C1=CC(C2N=C(c3ccccc3)N=C(c3ccccc3)N2)C2C(=C1)Oc1c(-c3ccc4c(c3)sc3cccc(-n5c6ccccc6c6ccccc65)c34)cccc12. The fraction of sp³-hybridized carbons (Fsp3) is 0.0588. The molecule has 1 N–H and O–H groups in total. The molecule has 3 unspecified atom stereocenters. The van der Waals surface area contributed by atoms with E-state index in [4.69, 9.17) is 14.7 Å². The van der Waals surface area contributed by atoms with Crippen LogP contribution in [0.5, 0.6) is 5.75 Å². The zero-order valence-electron chi connectivity index (χ0n) is 30.7. The fourth-order valence-corrected chi connectivity index (χ4v) is 10.3. The van der Waals surface area contributed by atoms with E-state index in [2.05, 4.69) is 156 Å². The van der Waals surface area contributed by atoms with Crippen molar-refractivity contribution in [2.24, 2.45) is 15.9 Å². The van der Waals surface area contributed by atoms with Crippen LogP contribution in [-0.4, -0.2) is 22.4 Å². The van der Waals surface area contributed by atoms with Crippen LogP contribution < -0.4 is 10.1 Å². The Bertz CT molecular complexity index is 3150. The quantitative estimate of drug-likeness (QED) is 0.190. The van der Waals surface area contributed by atoms with E-state index in [0.29, 0.717) is 0 Å². The lowest BCUT2D eigenvalue weighted by molar-refractivity contribution is 0.361. The van der Waals surface area contributed by atoms with Gasteiger partial charge in [-0.2, -0.15) is 0 Å². The zero-order chi connectivity index (χ0) is 37.5. The van der Waals surface area contributed by atoms with Crippen LogP contribution in [0.4, 0.5) is 0 Å². The summed E-state index contributed by atoms with van der Waals surface area (Å²) in [4.78, 5) is 10.3. The van der Waals surface area contributed by atoms with Crippen LogP contribution in [-0.2, 0) is 0 Å². The Morgan fingerprint density at radius 1 is 0.614 bits per heavy atom. The van der Waals surface area contributed by atoms with Crippen molar-refractivity contribution < 1.29 is 4.74 Å². The number of fused-ring (bicyclic) bond motifs is 9. The smallest absolute Gasteiger partial charge is 0.159 e. The minimum absolute atomic E-state index is 0.000165. The number of hydrogen-bond donors (Lipinski definition) is 1. The van der Waals surface area contributed by atoms with Gasteiger partial charge in [0.25, 0.3) is 0 Å². The molecule has 7 aromatic carbocycles. The molecule has 5 nitrogen and oxygen atoms in total. The Morgan fingerprint density at radius 2 is 1.33 bits per heavy atom. The van der Waals surface area contributed by atoms with Crippen molar-refractivity contribution in [2.75, 3.05) is 0 Å². The van der Waals surface area contributed by atoms with Crippen molar-refractivity contribution in [3.63, 3.8) is 0 Å². The Labute approximate surface area is 333 Å². The largest absolute Gasteiger partial charge is 0.460 e. The lowest BCUT2D eigenvalue weighted by atomic mass is 9.80. The summed E-state index contributed by atoms with van der Waals surface area (Å²) in [5.41, 5.74) is 9.10. The van der Waals surface area contributed by atoms with Gasteiger partial charge >= 0.3 is 0 Å². The van der Waals surface area contributed by atoms with Gasteiger partial charge in [0.15, 0.2) is 5.84 Å². The van der Waals surface area contributed by atoms with E-state index in [1.165, 1.54) is 53.2 Å². The van der Waals surface area contributed by atoms with E-state index in [1.54, 1.807) is 0 Å². The molecule has 9 aromatic rings. The summed E-state index contributed by atoms with van der Waals surface area (Å²) in [5, 5.41) is 8.80. The number of para-hydroxylation sites is 3. The average molecular weight is 751 g/mol. The van der Waals surface area contributed by atoms with Crippen LogP contribution in [0.15, 0.2) is 198 Å². The van der Waals surface area contributed by atoms with Crippen molar-refractivity contribution in [3.05, 3.63) is 204 Å². The molecule has 1 aliphatic carbocycles. The molecule has 57 heavy (non-hydrogen) atoms. The first-order valence-electron chi connectivity index (χ1n) is 19.4. The molecule has 2 aliphatic heterocycles. The van der Waals surface area contributed by atoms with Crippen LogP contribution >= 0.6 is 11.3 Å². The van der Waals surface area contributed by atoms with Gasteiger partial charge < -0.3 is 14.6 Å². The summed E-state index contributed by atoms with van der Waals surface area (Å²) in [6.07, 6.45) is 6.25. The Hall–Kier alpha value is -7.02. The van der Waals surface area contributed by atoms with E-state index >= 15 is 0 Å². The zero-order valence-corrected chi connectivity index (χ0v) is 31.5. The number of allylic oxidation sites excluding steroid dienone is 3. The van der Waals surface area contributed by atoms with Crippen LogP contribution in [0.2, 0.25) is 0 Å². The molecule has 0 fully saturated rings. The molecule has 0 bridgehead atoms. The van der Waals surface area contributed by atoms with Gasteiger partial charge in [-0.3, -0.25) is 0 Å². The molecule has 2 aromatic heterocycles. The molecule has 270 valence electrons. The predicted molar refractivity (Wildman–Crippen MR) is 236 cm³/mol. The molecule has 0 radical (unpaired) electrons. The molecular weight excluding hydrogens is 717 g/mol. The van der Waals surface area contributed by atoms with Crippen molar-refractivity contribution in [1.29, 1.82) is 0 Å². The summed E-state index contributed by atoms with van der Waals surface area (Å²) in [7, 11) is 0. The third-order valence-electron chi connectivity index (χ3n) is 11.7. The highest BCUT2D eigenvalue weighted by molar-refractivity contribution is 7.26. The van der Waals surface area contributed by atoms with Crippen molar-refractivity contribution in [2.45, 2.75) is 12.1 Å². The van der Waals surface area contributed by atoms with Crippen LogP contribution in [0.1, 0.15) is 22.6 Å². The minimum atomic E-state index is -0.255. The van der Waals surface area contributed by atoms with Gasteiger partial charge in [0, 0.05) is 59.1 Å². The number of hydrogen-bond acceptors (Lipinski definition) is 5. The molecule has 0 spiro atoms. The van der Waals surface area contributed by atoms with Gasteiger partial charge in [0.1, 0.15) is 23.5 Å². The number of ether oxygens (including phenoxy) is 1. The van der Waals surface area contributed by atoms with E-state index < -0.39 is 0 Å². The third-order valence-corrected chi connectivity index (χ3v) is 12.8. The van der Waals surface area contributed by atoms with Crippen LogP contribution in [0.3, 0.4) is 0 Å². The summed E-state index contributed by atoms with van der Waals surface area (Å²) in [6.45, 7) is 0. The molecule has 0 amide bonds. The van der Waals surface area contributed by atoms with E-state index in [0.717, 1.165) is 45.4 Å². The minimum Gasteiger partial charge on any atom is -0.460 e. The summed E-state index contributed by atoms with van der Waals surface area (Å²) in [5.74, 6) is 3.43. The Balaban J connectivity index is 0.945. The summed E-state index contributed by atoms with van der Waals surface area (Å²) >= 11 is 1.85. The predicted octanol–water partition coefficient (Wildman–Crippen LogP) is 12.2. The van der Waals surface area contributed by atoms with Gasteiger partial charge in [-0.25, -0.2) is 9.98 Å². The molecule has 0 saturated carbocycles. The number of nitrogens with zero attached hydrogens (tertiary/aromatic N) is 3. The van der Waals surface area contributed by atoms with Gasteiger partial charge in [-0.05, 0) is 42.0 Å². The molecule has 12 rings (SSSR count). The molecule has 4 heterocycles. The summed E-state index contributed by atoms with van der Waals surface area (Å²) in [6, 6.07) is 58.3. The Kier molecular flexibility index (Phi) is 7.22. The number of thiophene rings is 1. The molecular formula is C51H34N4OS. The summed E-state index contributed by atoms with van der Waals surface area (Å²) < 4.78 is 11.8. The fourth-order valence-electron chi connectivity index (χ4n) is 9.15. The van der Waals surface area contributed by atoms with Gasteiger partial charge in [-0.15, -0.1) is 11.3 Å². The topological polar surface area (TPSA) is 50.9 Å². The van der Waals surface area contributed by atoms with Crippen LogP contribution in [0.25, 0.3) is 58.8 Å². The second kappa shape index (κ2) is 12.8. The van der Waals surface area contributed by atoms with E-state index in [1.807, 2.05) is 47.7 Å². The van der Waals surface area contributed by atoms with Gasteiger partial charge in [-0.1, -0.05) is 146 Å². The first kappa shape index (κ1) is 32.2. The molecule has 6 heteroatoms. The lowest BCUT2D eigenvalue weighted by Gasteiger charge is -2.32. The van der Waals surface area contributed by atoms with Crippen LogP contribution in [0, 0.1) is 5.92 Å². The standard InChI is InChI=1S/C51H34N4OS/c1-3-14-31(15-4-1)49-52-50(32-16-5-2-6-17-32)54-51(53-49)39-22-12-26-43-46(39)38-21-11-20-34(48(38)56-43)33-28-29-37-45(30-33)57-44-27-13-25-42(47(37)44)55-40-23-9-7-18-35(40)36-19-8-10-24-41(36)55/h1-30,39,46,51H,(H,52,53,54). The number of aromatic nitrogens is 1. The normalized spacial score (nSPS) is 18.5. The third kappa shape index (κ3) is 5.07. The van der Waals surface area contributed by atoms with Crippen molar-refractivity contribution >= 4 is 65.0 Å². The number of amidine groups is 2. The second-order valence-corrected chi connectivity index (χ2v) is 16.0. The van der Waals surface area contributed by atoms with Crippen molar-refractivity contribution in [1.82, 2.24) is 9.88 Å². The second-order valence-electron chi connectivity index (χ2n) is 14.9. The lowest BCUT2D eigenvalue weighted by Crippen LogP contribution is -2.45. The first-order chi connectivity index (χ1) is 28.3. The highest BCUT2D eigenvalue weighted by Crippen LogP contribution is 2.52. The maximum Gasteiger partial charge on any atom is 0.159 e. The van der Waals surface area contributed by atoms with Gasteiger partial charge in [0.05, 0.1) is 22.6 Å². The number of benzene rings is 7. The number of aliphatic imine (C=N–C) groups is 2. The number of nitrogens with one attached hydrogen (secondary N) is 1. The maximum atomic E-state index is 6.86. The van der Waals surface area contributed by atoms with Gasteiger partial charge in [0.2, 0.25) is 0 Å². The highest BCUT2D eigenvalue weighted by Gasteiger charge is 2.42. The molecule has 3 atom stereocenters.